The summed E-state index contributed by atoms with van der Waals surface area (Å²) < 4.78 is 3.73. The number of imidazole rings is 1. The second-order valence-electron chi connectivity index (χ2n) is 7.53. The Balaban J connectivity index is 1.28. The lowest BCUT2D eigenvalue weighted by Crippen LogP contribution is -2.37. The molecule has 1 aromatic carbocycles. The predicted octanol–water partition coefficient (Wildman–Crippen LogP) is 3.34. The van der Waals surface area contributed by atoms with Crippen molar-refractivity contribution in [3.8, 4) is 11.4 Å². The van der Waals surface area contributed by atoms with E-state index in [9.17, 15) is 4.79 Å². The Morgan fingerprint density at radius 3 is 2.73 bits per heavy atom. The summed E-state index contributed by atoms with van der Waals surface area (Å²) in [7, 11) is 0. The fraction of sp³-hybridized carbons (Fsp3) is 0.238. The van der Waals surface area contributed by atoms with E-state index in [4.69, 9.17) is 5.10 Å². The largest absolute Gasteiger partial charge is 0.355 e. The number of hydrogen-bond acceptors (Lipinski definition) is 6. The second kappa shape index (κ2) is 6.81. The molecule has 0 saturated carbocycles. The van der Waals surface area contributed by atoms with E-state index in [-0.39, 0.29) is 11.7 Å². The molecule has 0 bridgehead atoms. The van der Waals surface area contributed by atoms with Gasteiger partial charge in [-0.1, -0.05) is 12.1 Å². The van der Waals surface area contributed by atoms with Crippen molar-refractivity contribution in [2.24, 2.45) is 0 Å². The summed E-state index contributed by atoms with van der Waals surface area (Å²) in [6.45, 7) is 1.68. The summed E-state index contributed by atoms with van der Waals surface area (Å²) in [6, 6.07) is 14.1. The van der Waals surface area contributed by atoms with Gasteiger partial charge in [0, 0.05) is 30.1 Å². The first kappa shape index (κ1) is 17.4. The second-order valence-corrected chi connectivity index (χ2v) is 8.31. The number of thiophene rings is 1. The summed E-state index contributed by atoms with van der Waals surface area (Å²) in [5.41, 5.74) is 3.60. The third-order valence-electron chi connectivity index (χ3n) is 5.81. The first-order valence-corrected chi connectivity index (χ1v) is 10.9. The average Bonchev–Trinajstić information content (AvgIpc) is 3.51. The first-order chi connectivity index (χ1) is 14.8. The molecule has 5 aromatic rings. The number of para-hydroxylation sites is 2. The van der Waals surface area contributed by atoms with E-state index >= 15 is 0 Å². The number of anilines is 1. The maximum absolute atomic E-state index is 12.5. The van der Waals surface area contributed by atoms with Gasteiger partial charge in [-0.3, -0.25) is 4.57 Å². The molecule has 0 unspecified atom stereocenters. The van der Waals surface area contributed by atoms with Crippen LogP contribution in [0.1, 0.15) is 18.9 Å². The van der Waals surface area contributed by atoms with Crippen molar-refractivity contribution in [3.63, 3.8) is 0 Å². The minimum atomic E-state index is -0.0286. The van der Waals surface area contributed by atoms with Gasteiger partial charge in [0.2, 0.25) is 0 Å². The summed E-state index contributed by atoms with van der Waals surface area (Å²) in [5.74, 6) is 1.66. The molecule has 150 valence electrons. The van der Waals surface area contributed by atoms with Gasteiger partial charge in [0.05, 0.1) is 11.0 Å². The molecule has 0 aliphatic carbocycles. The number of benzene rings is 1. The van der Waals surface area contributed by atoms with Gasteiger partial charge in [-0.25, -0.2) is 4.79 Å². The number of nitrogens with zero attached hydrogens (tertiary/aromatic N) is 6. The molecule has 0 amide bonds. The van der Waals surface area contributed by atoms with Gasteiger partial charge < -0.3 is 9.88 Å². The number of hydrogen-bond donors (Lipinski definition) is 1. The van der Waals surface area contributed by atoms with Gasteiger partial charge in [0.1, 0.15) is 5.82 Å². The number of aromatic nitrogens is 6. The first-order valence-electron chi connectivity index (χ1n) is 9.97. The third-order valence-corrected chi connectivity index (χ3v) is 6.49. The average molecular weight is 417 g/mol. The zero-order chi connectivity index (χ0) is 20.1. The molecule has 0 spiro atoms. The molecular formula is C21H19N7OS. The van der Waals surface area contributed by atoms with E-state index in [0.717, 1.165) is 59.8 Å². The maximum Gasteiger partial charge on any atom is 0.326 e. The molecule has 8 nitrogen and oxygen atoms in total. The van der Waals surface area contributed by atoms with Crippen molar-refractivity contribution < 1.29 is 0 Å². The minimum absolute atomic E-state index is 0.0286. The number of aromatic amines is 1. The van der Waals surface area contributed by atoms with Gasteiger partial charge in [0.25, 0.3) is 0 Å². The van der Waals surface area contributed by atoms with Gasteiger partial charge in [-0.2, -0.15) is 15.9 Å². The molecule has 4 aromatic heterocycles. The zero-order valence-electron chi connectivity index (χ0n) is 16.1. The van der Waals surface area contributed by atoms with Crippen molar-refractivity contribution in [2.45, 2.75) is 18.9 Å². The van der Waals surface area contributed by atoms with E-state index in [1.807, 2.05) is 56.9 Å². The lowest BCUT2D eigenvalue weighted by Gasteiger charge is -2.33. The Morgan fingerprint density at radius 2 is 1.90 bits per heavy atom. The summed E-state index contributed by atoms with van der Waals surface area (Å²) in [6.07, 6.45) is 1.78. The Kier molecular flexibility index (Phi) is 3.95. The number of H-pyrrole nitrogens is 1. The third kappa shape index (κ3) is 2.73. The van der Waals surface area contributed by atoms with Gasteiger partial charge >= 0.3 is 5.69 Å². The highest BCUT2D eigenvalue weighted by Crippen LogP contribution is 2.28. The van der Waals surface area contributed by atoms with Crippen molar-refractivity contribution in [1.29, 1.82) is 0 Å². The Bertz CT molecular complexity index is 1390. The topological polar surface area (TPSA) is 84.1 Å². The standard InChI is InChI=1S/C21H19N7OS/c29-21-22-16-3-1-2-4-17(16)27(21)15-7-10-26(11-8-15)19-6-5-18-23-24-20(28(18)25-19)14-9-12-30-13-14/h1-6,9,12-13,15H,7-8,10-11H2,(H,22,29). The molecule has 1 N–H and O–H groups in total. The highest BCUT2D eigenvalue weighted by molar-refractivity contribution is 7.08. The van der Waals surface area contributed by atoms with Crippen LogP contribution in [-0.2, 0) is 0 Å². The lowest BCUT2D eigenvalue weighted by atomic mass is 10.0. The van der Waals surface area contributed by atoms with Crippen LogP contribution in [0.4, 0.5) is 5.82 Å². The van der Waals surface area contributed by atoms with Gasteiger partial charge in [-0.15, -0.1) is 15.3 Å². The van der Waals surface area contributed by atoms with Crippen LogP contribution in [0.25, 0.3) is 28.1 Å². The number of fused-ring (bicyclic) bond motifs is 2. The van der Waals surface area contributed by atoms with Crippen LogP contribution < -0.4 is 10.6 Å². The summed E-state index contributed by atoms with van der Waals surface area (Å²) >= 11 is 1.63. The molecule has 6 rings (SSSR count). The molecule has 1 aliphatic heterocycles. The highest BCUT2D eigenvalue weighted by Gasteiger charge is 2.24. The highest BCUT2D eigenvalue weighted by atomic mass is 32.1. The molecule has 1 saturated heterocycles. The fourth-order valence-electron chi connectivity index (χ4n) is 4.31. The lowest BCUT2D eigenvalue weighted by molar-refractivity contribution is 0.395. The van der Waals surface area contributed by atoms with Crippen LogP contribution in [0.5, 0.6) is 0 Å². The molecule has 5 heterocycles. The van der Waals surface area contributed by atoms with Crippen LogP contribution in [0.2, 0.25) is 0 Å². The van der Waals surface area contributed by atoms with Gasteiger partial charge in [0.15, 0.2) is 11.5 Å². The smallest absolute Gasteiger partial charge is 0.326 e. The normalized spacial score (nSPS) is 15.4. The number of nitrogens with one attached hydrogen (secondary N) is 1. The summed E-state index contributed by atoms with van der Waals surface area (Å²) in [5, 5.41) is 17.4. The van der Waals surface area contributed by atoms with Crippen LogP contribution in [0.3, 0.4) is 0 Å². The Morgan fingerprint density at radius 1 is 1.03 bits per heavy atom. The van der Waals surface area contributed by atoms with Gasteiger partial charge in [-0.05, 0) is 48.6 Å². The van der Waals surface area contributed by atoms with Crippen molar-refractivity contribution in [2.75, 3.05) is 18.0 Å². The predicted molar refractivity (Wildman–Crippen MR) is 117 cm³/mol. The molecule has 9 heteroatoms. The van der Waals surface area contributed by atoms with Crippen molar-refractivity contribution >= 4 is 33.8 Å². The SMILES string of the molecule is O=c1[nH]c2ccccc2n1C1CCN(c2ccc3nnc(-c4ccsc4)n3n2)CC1. The Labute approximate surface area is 175 Å². The van der Waals surface area contributed by atoms with Crippen LogP contribution in [-0.4, -0.2) is 42.5 Å². The quantitative estimate of drug-likeness (QED) is 0.487. The number of piperidine rings is 1. The Hall–Kier alpha value is -3.46. The maximum atomic E-state index is 12.5. The van der Waals surface area contributed by atoms with E-state index in [2.05, 4.69) is 25.5 Å². The molecule has 30 heavy (non-hydrogen) atoms. The van der Waals surface area contributed by atoms with E-state index in [1.165, 1.54) is 0 Å². The van der Waals surface area contributed by atoms with Crippen LogP contribution >= 0.6 is 11.3 Å². The minimum Gasteiger partial charge on any atom is -0.355 e. The monoisotopic (exact) mass is 417 g/mol. The van der Waals surface area contributed by atoms with Crippen molar-refractivity contribution in [1.82, 2.24) is 29.4 Å². The molecule has 0 atom stereocenters. The summed E-state index contributed by atoms with van der Waals surface area (Å²) in [4.78, 5) is 17.8. The molecule has 1 fully saturated rings. The number of rotatable bonds is 3. The van der Waals surface area contributed by atoms with E-state index < -0.39 is 0 Å². The molecular weight excluding hydrogens is 398 g/mol. The van der Waals surface area contributed by atoms with Crippen LogP contribution in [0.15, 0.2) is 58.0 Å². The van der Waals surface area contributed by atoms with Crippen molar-refractivity contribution in [3.05, 3.63) is 63.7 Å². The zero-order valence-corrected chi connectivity index (χ0v) is 16.9. The molecule has 0 radical (unpaired) electrons. The fourth-order valence-corrected chi connectivity index (χ4v) is 4.94. The molecule has 1 aliphatic rings. The van der Waals surface area contributed by atoms with E-state index in [1.54, 1.807) is 11.3 Å². The van der Waals surface area contributed by atoms with E-state index in [0.29, 0.717) is 0 Å². The van der Waals surface area contributed by atoms with Crippen LogP contribution in [0, 0.1) is 0 Å².